The monoisotopic (exact) mass is 305 g/mol. The fraction of sp³-hybridized carbons (Fsp3) is 0.833. The van der Waals surface area contributed by atoms with Gasteiger partial charge in [0.05, 0.1) is 13.2 Å². The maximum absolute atomic E-state index is 12.7. The number of nitrogens with zero attached hydrogens (tertiary/aromatic N) is 1. The lowest BCUT2D eigenvalue weighted by atomic mass is 9.67. The molecule has 2 aliphatic heterocycles. The molecule has 0 aromatic heterocycles. The van der Waals surface area contributed by atoms with Crippen molar-refractivity contribution in [1.29, 1.82) is 0 Å². The summed E-state index contributed by atoms with van der Waals surface area (Å²) < 4.78 is 12.1. The third-order valence-electron chi connectivity index (χ3n) is 5.87. The van der Waals surface area contributed by atoms with Crippen LogP contribution in [0.3, 0.4) is 0 Å². The van der Waals surface area contributed by atoms with Gasteiger partial charge in [-0.25, -0.2) is 0 Å². The Labute approximate surface area is 132 Å². The summed E-state index contributed by atoms with van der Waals surface area (Å²) in [5, 5.41) is 0. The standard InChI is InChI=1S/C18H27NO3/c1-17(2)11-14(20)16-13-4-3-5-18(10-13,22-15(16)12-17)19-6-8-21-9-7-19/h13H,3-12H2,1-2H3. The van der Waals surface area contributed by atoms with E-state index in [1.165, 1.54) is 0 Å². The Hall–Kier alpha value is -0.870. The molecule has 0 spiro atoms. The lowest BCUT2D eigenvalue weighted by Crippen LogP contribution is -2.59. The molecule has 2 aliphatic carbocycles. The lowest BCUT2D eigenvalue weighted by Gasteiger charge is -2.54. The first-order valence-corrected chi connectivity index (χ1v) is 8.77. The molecule has 0 aromatic carbocycles. The third-order valence-corrected chi connectivity index (χ3v) is 5.87. The van der Waals surface area contributed by atoms with Gasteiger partial charge in [-0.15, -0.1) is 0 Å². The van der Waals surface area contributed by atoms with Crippen molar-refractivity contribution in [2.45, 2.75) is 58.1 Å². The number of fused-ring (bicyclic) bond motifs is 3. The van der Waals surface area contributed by atoms with Crippen molar-refractivity contribution >= 4 is 5.78 Å². The van der Waals surface area contributed by atoms with Crippen molar-refractivity contribution in [3.05, 3.63) is 11.3 Å². The van der Waals surface area contributed by atoms with Crippen LogP contribution in [0.5, 0.6) is 0 Å². The number of ketones is 1. The van der Waals surface area contributed by atoms with Crippen molar-refractivity contribution in [3.63, 3.8) is 0 Å². The largest absolute Gasteiger partial charge is 0.476 e. The quantitative estimate of drug-likeness (QED) is 0.747. The Bertz CT molecular complexity index is 518. The van der Waals surface area contributed by atoms with Gasteiger partial charge in [-0.2, -0.15) is 0 Å². The molecule has 2 heterocycles. The zero-order valence-corrected chi connectivity index (χ0v) is 13.8. The minimum Gasteiger partial charge on any atom is -0.476 e. The molecule has 2 unspecified atom stereocenters. The van der Waals surface area contributed by atoms with Crippen LogP contribution >= 0.6 is 0 Å². The minimum atomic E-state index is -0.167. The minimum absolute atomic E-state index is 0.0355. The summed E-state index contributed by atoms with van der Waals surface area (Å²) in [6.07, 6.45) is 6.00. The second-order valence-corrected chi connectivity index (χ2v) is 8.22. The third kappa shape index (κ3) is 2.31. The highest BCUT2D eigenvalue weighted by molar-refractivity contribution is 5.97. The van der Waals surface area contributed by atoms with Gasteiger partial charge in [0, 0.05) is 44.3 Å². The van der Waals surface area contributed by atoms with E-state index in [9.17, 15) is 4.79 Å². The second kappa shape index (κ2) is 5.07. The highest BCUT2D eigenvalue weighted by Crippen LogP contribution is 2.52. The zero-order chi connectivity index (χ0) is 15.4. The Balaban J connectivity index is 1.69. The van der Waals surface area contributed by atoms with Crippen molar-refractivity contribution in [3.8, 4) is 0 Å². The van der Waals surface area contributed by atoms with Crippen molar-refractivity contribution in [2.24, 2.45) is 11.3 Å². The molecule has 0 aromatic rings. The van der Waals surface area contributed by atoms with Crippen LogP contribution in [-0.2, 0) is 14.3 Å². The summed E-state index contributed by atoms with van der Waals surface area (Å²) in [5.74, 6) is 1.78. The van der Waals surface area contributed by atoms with E-state index in [1.807, 2.05) is 0 Å². The smallest absolute Gasteiger partial charge is 0.163 e. The van der Waals surface area contributed by atoms with E-state index >= 15 is 0 Å². The summed E-state index contributed by atoms with van der Waals surface area (Å²) in [6.45, 7) is 7.87. The number of hydrogen-bond donors (Lipinski definition) is 0. The molecule has 1 saturated heterocycles. The van der Waals surface area contributed by atoms with Crippen LogP contribution in [0.25, 0.3) is 0 Å². The van der Waals surface area contributed by atoms with Gasteiger partial charge >= 0.3 is 0 Å². The second-order valence-electron chi connectivity index (χ2n) is 8.22. The molecular formula is C18H27NO3. The van der Waals surface area contributed by atoms with Gasteiger partial charge in [0.25, 0.3) is 0 Å². The predicted molar refractivity (Wildman–Crippen MR) is 83.2 cm³/mol. The summed E-state index contributed by atoms with van der Waals surface area (Å²) in [5.41, 5.74) is 0.912. The first kappa shape index (κ1) is 14.7. The van der Waals surface area contributed by atoms with E-state index in [0.717, 1.165) is 69.7 Å². The first-order valence-electron chi connectivity index (χ1n) is 8.77. The molecule has 4 rings (SSSR count). The zero-order valence-electron chi connectivity index (χ0n) is 13.8. The fourth-order valence-corrected chi connectivity index (χ4v) is 4.93. The Morgan fingerprint density at radius 3 is 2.73 bits per heavy atom. The van der Waals surface area contributed by atoms with Crippen LogP contribution in [-0.4, -0.2) is 42.7 Å². The van der Waals surface area contributed by atoms with Gasteiger partial charge in [-0.3, -0.25) is 9.69 Å². The number of hydrogen-bond acceptors (Lipinski definition) is 4. The van der Waals surface area contributed by atoms with E-state index in [1.54, 1.807) is 0 Å². The highest BCUT2D eigenvalue weighted by Gasteiger charge is 2.52. The molecule has 122 valence electrons. The van der Waals surface area contributed by atoms with Crippen LogP contribution < -0.4 is 0 Å². The Morgan fingerprint density at radius 2 is 1.95 bits per heavy atom. The molecule has 2 bridgehead atoms. The number of carbonyl (C=O) groups excluding carboxylic acids is 1. The lowest BCUT2D eigenvalue weighted by molar-refractivity contribution is -0.194. The molecule has 1 saturated carbocycles. The van der Waals surface area contributed by atoms with E-state index in [4.69, 9.17) is 9.47 Å². The molecule has 2 fully saturated rings. The molecule has 2 atom stereocenters. The average molecular weight is 305 g/mol. The number of carbonyl (C=O) groups is 1. The van der Waals surface area contributed by atoms with E-state index < -0.39 is 0 Å². The molecule has 0 amide bonds. The van der Waals surface area contributed by atoms with Crippen LogP contribution in [0.4, 0.5) is 0 Å². The van der Waals surface area contributed by atoms with Crippen molar-refractivity contribution in [1.82, 2.24) is 4.90 Å². The number of morpholine rings is 1. The number of allylic oxidation sites excluding steroid dienone is 2. The van der Waals surface area contributed by atoms with Crippen molar-refractivity contribution in [2.75, 3.05) is 26.3 Å². The molecule has 22 heavy (non-hydrogen) atoms. The van der Waals surface area contributed by atoms with Gasteiger partial charge in [-0.05, 0) is 24.2 Å². The molecular weight excluding hydrogens is 278 g/mol. The van der Waals surface area contributed by atoms with Gasteiger partial charge in [-0.1, -0.05) is 13.8 Å². The Morgan fingerprint density at radius 1 is 1.18 bits per heavy atom. The summed E-state index contributed by atoms with van der Waals surface area (Å²) in [6, 6.07) is 0. The summed E-state index contributed by atoms with van der Waals surface area (Å²) in [4.78, 5) is 15.1. The van der Waals surface area contributed by atoms with Gasteiger partial charge in [0.1, 0.15) is 5.76 Å². The number of Topliss-reactive ketones (excluding diaryl/α,β-unsaturated/α-hetero) is 1. The molecule has 0 N–H and O–H groups in total. The van der Waals surface area contributed by atoms with Crippen LogP contribution in [0.1, 0.15) is 52.4 Å². The Kier molecular flexibility index (Phi) is 3.39. The first-order chi connectivity index (χ1) is 10.5. The maximum Gasteiger partial charge on any atom is 0.163 e. The van der Waals surface area contributed by atoms with Crippen LogP contribution in [0, 0.1) is 11.3 Å². The molecule has 4 heteroatoms. The van der Waals surface area contributed by atoms with Crippen LogP contribution in [0.15, 0.2) is 11.3 Å². The van der Waals surface area contributed by atoms with E-state index in [-0.39, 0.29) is 11.1 Å². The maximum atomic E-state index is 12.7. The predicted octanol–water partition coefficient (Wildman–Crippen LogP) is 2.88. The average Bonchev–Trinajstić information content (AvgIpc) is 2.46. The van der Waals surface area contributed by atoms with Gasteiger partial charge in [0.2, 0.25) is 0 Å². The topological polar surface area (TPSA) is 38.8 Å². The summed E-state index contributed by atoms with van der Waals surface area (Å²) >= 11 is 0. The van der Waals surface area contributed by atoms with Crippen molar-refractivity contribution < 1.29 is 14.3 Å². The van der Waals surface area contributed by atoms with Gasteiger partial charge in [0.15, 0.2) is 11.5 Å². The molecule has 0 radical (unpaired) electrons. The fourth-order valence-electron chi connectivity index (χ4n) is 4.93. The highest BCUT2D eigenvalue weighted by atomic mass is 16.5. The number of ether oxygens (including phenoxy) is 2. The number of rotatable bonds is 1. The summed E-state index contributed by atoms with van der Waals surface area (Å²) in [7, 11) is 0. The normalized spacial score (nSPS) is 38.5. The van der Waals surface area contributed by atoms with E-state index in [0.29, 0.717) is 18.1 Å². The molecule has 4 aliphatic rings. The van der Waals surface area contributed by atoms with Gasteiger partial charge < -0.3 is 9.47 Å². The molecule has 4 nitrogen and oxygen atoms in total. The van der Waals surface area contributed by atoms with E-state index in [2.05, 4.69) is 18.7 Å². The van der Waals surface area contributed by atoms with Crippen LogP contribution in [0.2, 0.25) is 0 Å². The SMILES string of the molecule is CC1(C)CC(=O)C2=C(C1)OC1(N3CCOCC3)CCCC2C1.